The predicted molar refractivity (Wildman–Crippen MR) is 80.9 cm³/mol. The second-order valence-electron chi connectivity index (χ2n) is 4.94. The van der Waals surface area contributed by atoms with Crippen molar-refractivity contribution in [1.82, 2.24) is 5.32 Å². The molecular formula is C16H17NO3S. The SMILES string of the molecule is CC(C)NC(=O)c1ccccc1S(=O)(=O)c1ccccc1. The smallest absolute Gasteiger partial charge is 0.252 e. The highest BCUT2D eigenvalue weighted by Crippen LogP contribution is 2.23. The van der Waals surface area contributed by atoms with Gasteiger partial charge in [0.1, 0.15) is 0 Å². The van der Waals surface area contributed by atoms with E-state index in [2.05, 4.69) is 5.32 Å². The minimum atomic E-state index is -3.71. The first kappa shape index (κ1) is 15.3. The third kappa shape index (κ3) is 3.31. The van der Waals surface area contributed by atoms with Gasteiger partial charge in [-0.05, 0) is 38.1 Å². The van der Waals surface area contributed by atoms with Gasteiger partial charge in [0.25, 0.3) is 5.91 Å². The molecule has 1 N–H and O–H groups in total. The molecule has 0 saturated heterocycles. The van der Waals surface area contributed by atoms with Gasteiger partial charge in [-0.25, -0.2) is 8.42 Å². The third-order valence-corrected chi connectivity index (χ3v) is 4.72. The number of nitrogens with one attached hydrogen (secondary N) is 1. The lowest BCUT2D eigenvalue weighted by molar-refractivity contribution is 0.0940. The minimum Gasteiger partial charge on any atom is -0.350 e. The van der Waals surface area contributed by atoms with Crippen molar-refractivity contribution in [3.63, 3.8) is 0 Å². The summed E-state index contributed by atoms with van der Waals surface area (Å²) in [5, 5.41) is 2.72. The van der Waals surface area contributed by atoms with E-state index in [4.69, 9.17) is 0 Å². The van der Waals surface area contributed by atoms with E-state index in [-0.39, 0.29) is 27.3 Å². The molecule has 0 aliphatic carbocycles. The highest BCUT2D eigenvalue weighted by molar-refractivity contribution is 7.91. The summed E-state index contributed by atoms with van der Waals surface area (Å²) >= 11 is 0. The van der Waals surface area contributed by atoms with Crippen molar-refractivity contribution in [2.75, 3.05) is 0 Å². The maximum atomic E-state index is 12.7. The van der Waals surface area contributed by atoms with Gasteiger partial charge in [-0.3, -0.25) is 4.79 Å². The van der Waals surface area contributed by atoms with E-state index in [1.807, 2.05) is 13.8 Å². The molecule has 0 radical (unpaired) electrons. The summed E-state index contributed by atoms with van der Waals surface area (Å²) in [7, 11) is -3.71. The number of sulfone groups is 1. The van der Waals surface area contributed by atoms with Gasteiger partial charge in [0.05, 0.1) is 15.4 Å². The molecule has 0 saturated carbocycles. The fourth-order valence-corrected chi connectivity index (χ4v) is 3.43. The van der Waals surface area contributed by atoms with Crippen molar-refractivity contribution in [2.24, 2.45) is 0 Å². The number of rotatable bonds is 4. The fourth-order valence-electron chi connectivity index (χ4n) is 1.96. The van der Waals surface area contributed by atoms with Gasteiger partial charge in [-0.1, -0.05) is 30.3 Å². The first-order valence-electron chi connectivity index (χ1n) is 6.63. The molecule has 1 amide bonds. The minimum absolute atomic E-state index is 0.0225. The lowest BCUT2D eigenvalue weighted by atomic mass is 10.2. The van der Waals surface area contributed by atoms with E-state index in [0.717, 1.165) is 0 Å². The fraction of sp³-hybridized carbons (Fsp3) is 0.188. The highest BCUT2D eigenvalue weighted by atomic mass is 32.2. The Hall–Kier alpha value is -2.14. The quantitative estimate of drug-likeness (QED) is 0.944. The third-order valence-electron chi connectivity index (χ3n) is 2.89. The summed E-state index contributed by atoms with van der Waals surface area (Å²) < 4.78 is 25.3. The maximum Gasteiger partial charge on any atom is 0.252 e. The normalized spacial score (nSPS) is 11.4. The van der Waals surface area contributed by atoms with Crippen molar-refractivity contribution in [3.8, 4) is 0 Å². The topological polar surface area (TPSA) is 63.2 Å². The molecule has 0 heterocycles. The number of hydrogen-bond donors (Lipinski definition) is 1. The van der Waals surface area contributed by atoms with Crippen LogP contribution in [0.4, 0.5) is 0 Å². The van der Waals surface area contributed by atoms with Crippen LogP contribution in [0, 0.1) is 0 Å². The first-order chi connectivity index (χ1) is 9.93. The van der Waals surface area contributed by atoms with E-state index in [9.17, 15) is 13.2 Å². The predicted octanol–water partition coefficient (Wildman–Crippen LogP) is 2.66. The molecule has 5 heteroatoms. The molecular weight excluding hydrogens is 286 g/mol. The van der Waals surface area contributed by atoms with Crippen LogP contribution in [-0.4, -0.2) is 20.4 Å². The number of carbonyl (C=O) groups is 1. The van der Waals surface area contributed by atoms with Crippen LogP contribution in [0.2, 0.25) is 0 Å². The van der Waals surface area contributed by atoms with Crippen LogP contribution in [0.5, 0.6) is 0 Å². The van der Waals surface area contributed by atoms with Crippen LogP contribution in [-0.2, 0) is 9.84 Å². The molecule has 0 bridgehead atoms. The summed E-state index contributed by atoms with van der Waals surface area (Å²) in [6.07, 6.45) is 0. The standard InChI is InChI=1S/C16H17NO3S/c1-12(2)17-16(18)14-10-6-7-11-15(14)21(19,20)13-8-4-3-5-9-13/h3-12H,1-2H3,(H,17,18). The van der Waals surface area contributed by atoms with Crippen molar-refractivity contribution in [3.05, 3.63) is 60.2 Å². The van der Waals surface area contributed by atoms with Gasteiger partial charge in [-0.2, -0.15) is 0 Å². The maximum absolute atomic E-state index is 12.7. The Morgan fingerprint density at radius 3 is 2.14 bits per heavy atom. The van der Waals surface area contributed by atoms with E-state index in [1.165, 1.54) is 24.3 Å². The van der Waals surface area contributed by atoms with E-state index in [1.54, 1.807) is 30.3 Å². The molecule has 0 aliphatic rings. The first-order valence-corrected chi connectivity index (χ1v) is 8.11. The molecule has 2 aromatic carbocycles. The van der Waals surface area contributed by atoms with E-state index >= 15 is 0 Å². The average molecular weight is 303 g/mol. The number of hydrogen-bond acceptors (Lipinski definition) is 3. The molecule has 0 aliphatic heterocycles. The molecule has 21 heavy (non-hydrogen) atoms. The second kappa shape index (κ2) is 6.10. The molecule has 0 fully saturated rings. The Morgan fingerprint density at radius 1 is 0.952 bits per heavy atom. The van der Waals surface area contributed by atoms with Crippen molar-refractivity contribution in [2.45, 2.75) is 29.7 Å². The van der Waals surface area contributed by atoms with Crippen LogP contribution >= 0.6 is 0 Å². The summed E-state index contributed by atoms with van der Waals surface area (Å²) in [5.74, 6) is -0.389. The van der Waals surface area contributed by atoms with Gasteiger partial charge < -0.3 is 5.32 Å². The van der Waals surface area contributed by atoms with Crippen LogP contribution < -0.4 is 5.32 Å². The van der Waals surface area contributed by atoms with Gasteiger partial charge in [-0.15, -0.1) is 0 Å². The Bertz CT molecular complexity index is 737. The Kier molecular flexibility index (Phi) is 4.43. The van der Waals surface area contributed by atoms with Gasteiger partial charge >= 0.3 is 0 Å². The molecule has 2 rings (SSSR count). The van der Waals surface area contributed by atoms with Gasteiger partial charge in [0.15, 0.2) is 0 Å². The zero-order valence-electron chi connectivity index (χ0n) is 11.9. The van der Waals surface area contributed by atoms with Crippen LogP contribution in [0.1, 0.15) is 24.2 Å². The Morgan fingerprint density at radius 2 is 1.52 bits per heavy atom. The zero-order chi connectivity index (χ0) is 15.5. The number of carbonyl (C=O) groups excluding carboxylic acids is 1. The van der Waals surface area contributed by atoms with Gasteiger partial charge in [0.2, 0.25) is 9.84 Å². The highest BCUT2D eigenvalue weighted by Gasteiger charge is 2.24. The lowest BCUT2D eigenvalue weighted by Gasteiger charge is -2.12. The average Bonchev–Trinajstić information content (AvgIpc) is 2.47. The molecule has 4 nitrogen and oxygen atoms in total. The van der Waals surface area contributed by atoms with Gasteiger partial charge in [0, 0.05) is 6.04 Å². The molecule has 0 atom stereocenters. The Labute approximate surface area is 124 Å². The summed E-state index contributed by atoms with van der Waals surface area (Å²) in [5.41, 5.74) is 0.162. The monoisotopic (exact) mass is 303 g/mol. The largest absolute Gasteiger partial charge is 0.350 e. The van der Waals surface area contributed by atoms with Crippen molar-refractivity contribution < 1.29 is 13.2 Å². The van der Waals surface area contributed by atoms with E-state index < -0.39 is 9.84 Å². The lowest BCUT2D eigenvalue weighted by Crippen LogP contribution is -2.31. The second-order valence-corrected chi connectivity index (χ2v) is 6.86. The Balaban J connectivity index is 2.53. The zero-order valence-corrected chi connectivity index (χ0v) is 12.7. The van der Waals surface area contributed by atoms with Crippen LogP contribution in [0.3, 0.4) is 0 Å². The van der Waals surface area contributed by atoms with E-state index in [0.29, 0.717) is 0 Å². The molecule has 0 aromatic heterocycles. The number of benzene rings is 2. The number of amides is 1. The summed E-state index contributed by atoms with van der Waals surface area (Å²) in [4.78, 5) is 12.4. The molecule has 110 valence electrons. The molecule has 0 spiro atoms. The molecule has 0 unspecified atom stereocenters. The van der Waals surface area contributed by atoms with Crippen LogP contribution in [0.25, 0.3) is 0 Å². The molecule has 2 aromatic rings. The summed E-state index contributed by atoms with van der Waals surface area (Å²) in [6.45, 7) is 3.65. The van der Waals surface area contributed by atoms with Crippen molar-refractivity contribution in [1.29, 1.82) is 0 Å². The summed E-state index contributed by atoms with van der Waals surface area (Å²) in [6, 6.07) is 14.3. The van der Waals surface area contributed by atoms with Crippen molar-refractivity contribution >= 4 is 15.7 Å². The van der Waals surface area contributed by atoms with Crippen LogP contribution in [0.15, 0.2) is 64.4 Å².